The van der Waals surface area contributed by atoms with Gasteiger partial charge in [0.15, 0.2) is 5.82 Å². The smallest absolute Gasteiger partial charge is 0.328 e. The molecular weight excluding hydrogens is 224 g/mol. The Kier molecular flexibility index (Phi) is 2.90. The Balaban J connectivity index is 2.39. The van der Waals surface area contributed by atoms with Gasteiger partial charge >= 0.3 is 5.69 Å². The first-order chi connectivity index (χ1) is 8.10. The van der Waals surface area contributed by atoms with Gasteiger partial charge in [-0.05, 0) is 6.42 Å². The van der Waals surface area contributed by atoms with Gasteiger partial charge in [0.1, 0.15) is 0 Å². The summed E-state index contributed by atoms with van der Waals surface area (Å²) >= 11 is 0. The Morgan fingerprint density at radius 2 is 2.24 bits per heavy atom. The quantitative estimate of drug-likeness (QED) is 0.799. The molecule has 0 unspecified atom stereocenters. The van der Waals surface area contributed by atoms with E-state index in [9.17, 15) is 9.59 Å². The number of aromatic amines is 1. The van der Waals surface area contributed by atoms with E-state index in [1.165, 1.54) is 10.8 Å². The monoisotopic (exact) mass is 236 g/mol. The molecule has 90 valence electrons. The third-order valence-electron chi connectivity index (χ3n) is 2.35. The second-order valence-corrected chi connectivity index (χ2v) is 3.62. The highest BCUT2D eigenvalue weighted by Gasteiger charge is 2.07. The van der Waals surface area contributed by atoms with Crippen molar-refractivity contribution in [3.63, 3.8) is 0 Å². The van der Waals surface area contributed by atoms with E-state index in [-0.39, 0.29) is 12.1 Å². The number of nitrogens with one attached hydrogen (secondary N) is 1. The molecule has 17 heavy (non-hydrogen) atoms. The molecule has 7 heteroatoms. The molecule has 0 fully saturated rings. The Morgan fingerprint density at radius 1 is 1.47 bits per heavy atom. The minimum absolute atomic E-state index is 0.181. The fourth-order valence-corrected chi connectivity index (χ4v) is 1.48. The lowest BCUT2D eigenvalue weighted by molar-refractivity contribution is 0.385. The van der Waals surface area contributed by atoms with E-state index in [0.717, 1.165) is 0 Å². The van der Waals surface area contributed by atoms with Crippen LogP contribution in [-0.4, -0.2) is 19.7 Å². The average Bonchev–Trinajstić information content (AvgIpc) is 2.68. The van der Waals surface area contributed by atoms with Crippen LogP contribution in [0, 0.1) is 6.92 Å². The lowest BCUT2D eigenvalue weighted by Gasteiger charge is -2.03. The standard InChI is InChI=1S/C10H12N4O3/c1-3-7-4-14(10(16)12-9(7)15)5-8-11-6(2)17-13-8/h4H,3,5H2,1-2H3,(H,12,15,16). The topological polar surface area (TPSA) is 93.8 Å². The molecule has 2 aromatic rings. The first-order valence-corrected chi connectivity index (χ1v) is 5.22. The van der Waals surface area contributed by atoms with Crippen LogP contribution in [0.4, 0.5) is 0 Å². The normalized spacial score (nSPS) is 10.7. The Labute approximate surface area is 96.1 Å². The summed E-state index contributed by atoms with van der Waals surface area (Å²) in [6.45, 7) is 3.70. The van der Waals surface area contributed by atoms with Gasteiger partial charge < -0.3 is 4.52 Å². The third-order valence-corrected chi connectivity index (χ3v) is 2.35. The van der Waals surface area contributed by atoms with E-state index in [1.54, 1.807) is 6.92 Å². The number of nitrogens with zero attached hydrogens (tertiary/aromatic N) is 3. The summed E-state index contributed by atoms with van der Waals surface area (Å²) in [6, 6.07) is 0. The first-order valence-electron chi connectivity index (χ1n) is 5.22. The van der Waals surface area contributed by atoms with E-state index in [2.05, 4.69) is 15.1 Å². The number of aryl methyl sites for hydroxylation is 2. The molecule has 0 saturated carbocycles. The van der Waals surface area contributed by atoms with E-state index in [1.807, 2.05) is 6.92 Å². The van der Waals surface area contributed by atoms with Crippen LogP contribution in [0.3, 0.4) is 0 Å². The zero-order chi connectivity index (χ0) is 12.4. The van der Waals surface area contributed by atoms with Crippen LogP contribution in [0.2, 0.25) is 0 Å². The van der Waals surface area contributed by atoms with Gasteiger partial charge in [-0.2, -0.15) is 4.98 Å². The van der Waals surface area contributed by atoms with Crippen LogP contribution in [0.1, 0.15) is 24.2 Å². The lowest BCUT2D eigenvalue weighted by Crippen LogP contribution is -2.32. The number of hydrogen-bond acceptors (Lipinski definition) is 5. The predicted molar refractivity (Wildman–Crippen MR) is 58.8 cm³/mol. The molecule has 0 aromatic carbocycles. The van der Waals surface area contributed by atoms with Crippen molar-refractivity contribution < 1.29 is 4.52 Å². The molecule has 0 aliphatic carbocycles. The van der Waals surface area contributed by atoms with Gasteiger partial charge in [0, 0.05) is 18.7 Å². The van der Waals surface area contributed by atoms with Gasteiger partial charge in [0.2, 0.25) is 5.89 Å². The zero-order valence-corrected chi connectivity index (χ0v) is 9.56. The van der Waals surface area contributed by atoms with Crippen molar-refractivity contribution in [2.24, 2.45) is 0 Å². The lowest BCUT2D eigenvalue weighted by atomic mass is 10.3. The van der Waals surface area contributed by atoms with Gasteiger partial charge in [-0.1, -0.05) is 12.1 Å². The largest absolute Gasteiger partial charge is 0.340 e. The fraction of sp³-hybridized carbons (Fsp3) is 0.400. The first kappa shape index (κ1) is 11.3. The number of aromatic nitrogens is 4. The van der Waals surface area contributed by atoms with Gasteiger partial charge in [-0.25, -0.2) is 4.79 Å². The van der Waals surface area contributed by atoms with E-state index >= 15 is 0 Å². The van der Waals surface area contributed by atoms with E-state index < -0.39 is 5.69 Å². The molecular formula is C10H12N4O3. The summed E-state index contributed by atoms with van der Waals surface area (Å²) in [5, 5.41) is 3.69. The van der Waals surface area contributed by atoms with Gasteiger partial charge in [-0.3, -0.25) is 14.3 Å². The SMILES string of the molecule is CCc1cn(Cc2noc(C)n2)c(=O)[nH]c1=O. The molecule has 0 atom stereocenters. The van der Waals surface area contributed by atoms with E-state index in [4.69, 9.17) is 4.52 Å². The van der Waals surface area contributed by atoms with Crippen molar-refractivity contribution in [3.05, 3.63) is 44.3 Å². The van der Waals surface area contributed by atoms with Gasteiger partial charge in [0.05, 0.1) is 6.54 Å². The summed E-state index contributed by atoms with van der Waals surface area (Å²) in [5.74, 6) is 0.840. The zero-order valence-electron chi connectivity index (χ0n) is 9.56. The molecule has 2 heterocycles. The molecule has 0 aliphatic heterocycles. The number of rotatable bonds is 3. The Morgan fingerprint density at radius 3 is 2.82 bits per heavy atom. The molecule has 1 N–H and O–H groups in total. The van der Waals surface area contributed by atoms with Crippen LogP contribution in [0.5, 0.6) is 0 Å². The van der Waals surface area contributed by atoms with Gasteiger partial charge in [0.25, 0.3) is 5.56 Å². The molecule has 0 aliphatic rings. The van der Waals surface area contributed by atoms with Crippen molar-refractivity contribution in [1.82, 2.24) is 19.7 Å². The van der Waals surface area contributed by atoms with Crippen LogP contribution >= 0.6 is 0 Å². The van der Waals surface area contributed by atoms with Crippen LogP contribution in [-0.2, 0) is 13.0 Å². The molecule has 2 rings (SSSR count). The molecule has 0 amide bonds. The maximum atomic E-state index is 11.5. The molecule has 0 saturated heterocycles. The second kappa shape index (κ2) is 4.36. The highest BCUT2D eigenvalue weighted by atomic mass is 16.5. The molecule has 7 nitrogen and oxygen atoms in total. The van der Waals surface area contributed by atoms with Crippen molar-refractivity contribution >= 4 is 0 Å². The van der Waals surface area contributed by atoms with Crippen molar-refractivity contribution in [2.75, 3.05) is 0 Å². The number of hydrogen-bond donors (Lipinski definition) is 1. The average molecular weight is 236 g/mol. The van der Waals surface area contributed by atoms with Crippen LogP contribution < -0.4 is 11.2 Å². The van der Waals surface area contributed by atoms with Crippen LogP contribution in [0.15, 0.2) is 20.3 Å². The second-order valence-electron chi connectivity index (χ2n) is 3.62. The minimum atomic E-state index is -0.477. The minimum Gasteiger partial charge on any atom is -0.340 e. The maximum absolute atomic E-state index is 11.5. The van der Waals surface area contributed by atoms with Crippen molar-refractivity contribution in [3.8, 4) is 0 Å². The summed E-state index contributed by atoms with van der Waals surface area (Å²) in [7, 11) is 0. The maximum Gasteiger partial charge on any atom is 0.328 e. The summed E-state index contributed by atoms with van der Waals surface area (Å²) in [4.78, 5) is 29.1. The van der Waals surface area contributed by atoms with Crippen molar-refractivity contribution in [1.29, 1.82) is 0 Å². The Hall–Kier alpha value is -2.18. The van der Waals surface area contributed by atoms with E-state index in [0.29, 0.717) is 23.7 Å². The van der Waals surface area contributed by atoms with Crippen LogP contribution in [0.25, 0.3) is 0 Å². The summed E-state index contributed by atoms with van der Waals surface area (Å²) < 4.78 is 6.16. The third kappa shape index (κ3) is 2.32. The Bertz CT molecular complexity index is 637. The molecule has 2 aromatic heterocycles. The number of H-pyrrole nitrogens is 1. The highest BCUT2D eigenvalue weighted by molar-refractivity contribution is 5.04. The van der Waals surface area contributed by atoms with Gasteiger partial charge in [-0.15, -0.1) is 0 Å². The molecule has 0 radical (unpaired) electrons. The summed E-state index contributed by atoms with van der Waals surface area (Å²) in [6.07, 6.45) is 2.08. The highest BCUT2D eigenvalue weighted by Crippen LogP contribution is 1.97. The fourth-order valence-electron chi connectivity index (χ4n) is 1.48. The predicted octanol–water partition coefficient (Wildman–Crippen LogP) is -0.161. The summed E-state index contributed by atoms with van der Waals surface area (Å²) in [5.41, 5.74) is -0.280. The molecule has 0 bridgehead atoms. The molecule has 0 spiro atoms. The van der Waals surface area contributed by atoms with Crippen molar-refractivity contribution in [2.45, 2.75) is 26.8 Å².